The van der Waals surface area contributed by atoms with E-state index >= 15 is 4.39 Å². The summed E-state index contributed by atoms with van der Waals surface area (Å²) in [4.78, 5) is 31.9. The van der Waals surface area contributed by atoms with E-state index in [-0.39, 0.29) is 17.0 Å². The summed E-state index contributed by atoms with van der Waals surface area (Å²) in [5.74, 6) is -1.15. The largest absolute Gasteiger partial charge is 0.345 e. The third-order valence-corrected chi connectivity index (χ3v) is 4.36. The molecule has 0 aliphatic carbocycles. The van der Waals surface area contributed by atoms with E-state index in [1.54, 1.807) is 44.7 Å². The van der Waals surface area contributed by atoms with Crippen LogP contribution in [-0.4, -0.2) is 54.5 Å². The van der Waals surface area contributed by atoms with Crippen LogP contribution in [0.5, 0.6) is 0 Å². The maximum atomic E-state index is 15.1. The molecule has 2 amide bonds. The summed E-state index contributed by atoms with van der Waals surface area (Å²) in [6.45, 7) is 2.25. The maximum Gasteiger partial charge on any atom is 0.256 e. The molecule has 26 heavy (non-hydrogen) atoms. The molecule has 134 valence electrons. The highest BCUT2D eigenvalue weighted by atomic mass is 19.1. The smallest absolute Gasteiger partial charge is 0.256 e. The molecule has 2 aliphatic heterocycles. The van der Waals surface area contributed by atoms with Crippen LogP contribution in [0.4, 0.5) is 4.39 Å². The highest BCUT2D eigenvalue weighted by molar-refractivity contribution is 6.04. The third-order valence-electron chi connectivity index (χ3n) is 4.36. The average molecular weight is 353 g/mol. The monoisotopic (exact) mass is 353 g/mol. The molecular weight excluding hydrogens is 333 g/mol. The molecule has 2 heterocycles. The number of fused-ring (bicyclic) bond motifs is 1. The van der Waals surface area contributed by atoms with Gasteiger partial charge in [-0.3, -0.25) is 14.6 Å². The van der Waals surface area contributed by atoms with Crippen molar-refractivity contribution in [2.45, 2.75) is 13.0 Å². The summed E-state index contributed by atoms with van der Waals surface area (Å²) in [5.41, 5.74) is 1.52. The predicted octanol–water partition coefficient (Wildman–Crippen LogP) is 2.67. The van der Waals surface area contributed by atoms with Gasteiger partial charge in [-0.25, -0.2) is 4.39 Å². The van der Waals surface area contributed by atoms with Gasteiger partial charge in [0.15, 0.2) is 6.04 Å². The number of allylic oxidation sites excluding steroid dienone is 2. The maximum absolute atomic E-state index is 15.1. The molecule has 0 aromatic heterocycles. The van der Waals surface area contributed by atoms with Gasteiger partial charge in [0.1, 0.15) is 5.82 Å². The Morgan fingerprint density at radius 1 is 1.38 bits per heavy atom. The fraction of sp³-hybridized carbons (Fsp3) is 0.250. The summed E-state index contributed by atoms with van der Waals surface area (Å²) in [7, 11) is 3.16. The van der Waals surface area contributed by atoms with E-state index in [0.717, 1.165) is 0 Å². The van der Waals surface area contributed by atoms with Crippen LogP contribution >= 0.6 is 0 Å². The Kier molecular flexibility index (Phi) is 4.84. The van der Waals surface area contributed by atoms with Gasteiger partial charge in [-0.2, -0.15) is 0 Å². The van der Waals surface area contributed by atoms with Crippen molar-refractivity contribution in [3.63, 3.8) is 0 Å². The van der Waals surface area contributed by atoms with Crippen LogP contribution in [0, 0.1) is 5.82 Å². The zero-order chi connectivity index (χ0) is 18.8. The third kappa shape index (κ3) is 2.98. The van der Waals surface area contributed by atoms with Crippen LogP contribution in [0.1, 0.15) is 22.8 Å². The zero-order valence-electron chi connectivity index (χ0n) is 14.9. The number of carbonyl (C=O) groups excluding carboxylic acids is 2. The zero-order valence-corrected chi connectivity index (χ0v) is 14.9. The van der Waals surface area contributed by atoms with Gasteiger partial charge in [0.2, 0.25) is 0 Å². The molecule has 0 saturated carbocycles. The number of benzene rings is 1. The molecule has 1 aromatic carbocycles. The van der Waals surface area contributed by atoms with E-state index in [1.165, 1.54) is 15.9 Å². The van der Waals surface area contributed by atoms with Gasteiger partial charge in [0.05, 0.1) is 5.56 Å². The van der Waals surface area contributed by atoms with E-state index in [2.05, 4.69) is 4.99 Å². The average Bonchev–Trinajstić information content (AvgIpc) is 3.11. The summed E-state index contributed by atoms with van der Waals surface area (Å²) >= 11 is 0. The molecular formula is C20H20FN3O2. The van der Waals surface area contributed by atoms with Gasteiger partial charge in [-0.15, -0.1) is 0 Å². The summed E-state index contributed by atoms with van der Waals surface area (Å²) in [5, 5.41) is 0. The Bertz CT molecular complexity index is 881. The summed E-state index contributed by atoms with van der Waals surface area (Å²) < 4.78 is 15.1. The topological polar surface area (TPSA) is 53.0 Å². The van der Waals surface area contributed by atoms with Crippen molar-refractivity contribution in [3.8, 4) is 0 Å². The predicted molar refractivity (Wildman–Crippen MR) is 99.3 cm³/mol. The minimum Gasteiger partial charge on any atom is -0.345 e. The molecule has 0 saturated heterocycles. The molecule has 6 heteroatoms. The highest BCUT2D eigenvalue weighted by Gasteiger charge is 2.36. The highest BCUT2D eigenvalue weighted by Crippen LogP contribution is 2.36. The Labute approximate surface area is 151 Å². The molecule has 1 atom stereocenters. The van der Waals surface area contributed by atoms with Gasteiger partial charge >= 0.3 is 0 Å². The standard InChI is InChI=1S/C20H20FN3O2/c1-4-5-11-24-12-16(14-9-10-22-18(14)20(24)26)13-7-6-8-15(17(13)21)19(25)23(2)3/h4-10,12,18H,11H2,1-3H3/b5-4+. The quantitative estimate of drug-likeness (QED) is 0.782. The number of rotatable bonds is 4. The normalized spacial score (nSPS) is 18.8. The Hall–Kier alpha value is -3.02. The molecule has 0 spiro atoms. The Balaban J connectivity index is 2.11. The van der Waals surface area contributed by atoms with Crippen LogP contribution in [0.25, 0.3) is 5.57 Å². The van der Waals surface area contributed by atoms with Crippen LogP contribution < -0.4 is 0 Å². The number of carbonyl (C=O) groups is 2. The lowest BCUT2D eigenvalue weighted by atomic mass is 9.89. The molecule has 3 rings (SSSR count). The number of hydrogen-bond donors (Lipinski definition) is 0. The van der Waals surface area contributed by atoms with Gasteiger partial charge in [0.25, 0.3) is 11.8 Å². The first-order chi connectivity index (χ1) is 12.5. The van der Waals surface area contributed by atoms with Crippen molar-refractivity contribution in [1.29, 1.82) is 0 Å². The molecule has 0 bridgehead atoms. The summed E-state index contributed by atoms with van der Waals surface area (Å²) in [6, 6.07) is 4.07. The second kappa shape index (κ2) is 7.07. The van der Waals surface area contributed by atoms with Crippen molar-refractivity contribution in [2.75, 3.05) is 20.6 Å². The number of amides is 2. The molecule has 0 N–H and O–H groups in total. The lowest BCUT2D eigenvalue weighted by Gasteiger charge is -2.29. The number of hydrogen-bond acceptors (Lipinski definition) is 3. The van der Waals surface area contributed by atoms with E-state index in [0.29, 0.717) is 17.7 Å². The van der Waals surface area contributed by atoms with Crippen molar-refractivity contribution >= 4 is 23.6 Å². The van der Waals surface area contributed by atoms with Crippen LogP contribution in [-0.2, 0) is 4.79 Å². The fourth-order valence-corrected chi connectivity index (χ4v) is 3.00. The van der Waals surface area contributed by atoms with E-state index in [4.69, 9.17) is 0 Å². The number of aliphatic imine (C=N–C) groups is 1. The summed E-state index contributed by atoms with van der Waals surface area (Å²) in [6.07, 6.45) is 8.63. The van der Waals surface area contributed by atoms with E-state index in [1.807, 2.05) is 19.1 Å². The fourth-order valence-electron chi connectivity index (χ4n) is 3.00. The van der Waals surface area contributed by atoms with Crippen molar-refractivity contribution < 1.29 is 14.0 Å². The molecule has 2 aliphatic rings. The second-order valence-electron chi connectivity index (χ2n) is 6.29. The number of nitrogens with zero attached hydrogens (tertiary/aromatic N) is 3. The Morgan fingerprint density at radius 2 is 2.15 bits per heavy atom. The SMILES string of the molecule is C/C=C/CN1C=C(c2cccc(C(=O)N(C)C)c2F)C2=CC=NC2C1=O. The van der Waals surface area contributed by atoms with Crippen molar-refractivity contribution in [2.24, 2.45) is 4.99 Å². The Morgan fingerprint density at radius 3 is 2.85 bits per heavy atom. The minimum atomic E-state index is -0.659. The minimum absolute atomic E-state index is 0.00127. The van der Waals surface area contributed by atoms with Crippen LogP contribution in [0.3, 0.4) is 0 Å². The first-order valence-corrected chi connectivity index (χ1v) is 8.33. The van der Waals surface area contributed by atoms with Gasteiger partial charge < -0.3 is 9.80 Å². The molecule has 0 fully saturated rings. The van der Waals surface area contributed by atoms with Crippen molar-refractivity contribution in [1.82, 2.24) is 9.80 Å². The van der Waals surface area contributed by atoms with Crippen molar-refractivity contribution in [3.05, 3.63) is 65.1 Å². The second-order valence-corrected chi connectivity index (χ2v) is 6.29. The van der Waals surface area contributed by atoms with Crippen LogP contribution in [0.2, 0.25) is 0 Å². The lowest BCUT2D eigenvalue weighted by molar-refractivity contribution is -0.128. The van der Waals surface area contributed by atoms with E-state index < -0.39 is 17.8 Å². The van der Waals surface area contributed by atoms with Crippen LogP contribution in [0.15, 0.2) is 53.2 Å². The first kappa shape index (κ1) is 17.8. The molecule has 0 radical (unpaired) electrons. The molecule has 1 unspecified atom stereocenters. The van der Waals surface area contributed by atoms with Gasteiger partial charge in [-0.05, 0) is 24.6 Å². The van der Waals surface area contributed by atoms with Gasteiger partial charge in [0, 0.05) is 44.2 Å². The number of halogens is 1. The molecule has 1 aromatic rings. The molecule has 5 nitrogen and oxygen atoms in total. The lowest BCUT2D eigenvalue weighted by Crippen LogP contribution is -2.39. The van der Waals surface area contributed by atoms with Gasteiger partial charge in [-0.1, -0.05) is 24.3 Å². The van der Waals surface area contributed by atoms with E-state index in [9.17, 15) is 9.59 Å². The first-order valence-electron chi connectivity index (χ1n) is 8.33.